The van der Waals surface area contributed by atoms with Crippen molar-refractivity contribution in [1.29, 1.82) is 0 Å². The standard InChI is InChI=1S/C16H21NO3/c18-9-8-17(13-5-6-13)16(19)11-12-7-10-20-15-4-2-1-3-14(12)15/h1-4,12-13,18H,5-11H2. The normalized spacial score (nSPS) is 20.9. The molecule has 0 aromatic heterocycles. The zero-order chi connectivity index (χ0) is 13.9. The van der Waals surface area contributed by atoms with Crippen LogP contribution in [0.3, 0.4) is 0 Å². The van der Waals surface area contributed by atoms with Crippen LogP contribution in [0.5, 0.6) is 5.75 Å². The van der Waals surface area contributed by atoms with Gasteiger partial charge in [-0.15, -0.1) is 0 Å². The second-order valence-corrected chi connectivity index (χ2v) is 5.62. The first-order valence-electron chi connectivity index (χ1n) is 7.41. The van der Waals surface area contributed by atoms with E-state index in [-0.39, 0.29) is 18.4 Å². The molecule has 1 aliphatic carbocycles. The van der Waals surface area contributed by atoms with E-state index in [0.717, 1.165) is 30.6 Å². The summed E-state index contributed by atoms with van der Waals surface area (Å²) in [5.41, 5.74) is 1.15. The number of fused-ring (bicyclic) bond motifs is 1. The molecule has 0 radical (unpaired) electrons. The summed E-state index contributed by atoms with van der Waals surface area (Å²) in [4.78, 5) is 14.3. The third-order valence-electron chi connectivity index (χ3n) is 4.15. The number of ether oxygens (including phenoxy) is 1. The van der Waals surface area contributed by atoms with Crippen LogP contribution in [0.15, 0.2) is 24.3 Å². The van der Waals surface area contributed by atoms with E-state index < -0.39 is 0 Å². The van der Waals surface area contributed by atoms with Crippen molar-refractivity contribution >= 4 is 5.91 Å². The minimum absolute atomic E-state index is 0.0482. The lowest BCUT2D eigenvalue weighted by atomic mass is 9.90. The minimum Gasteiger partial charge on any atom is -0.493 e. The Morgan fingerprint density at radius 2 is 2.10 bits per heavy atom. The summed E-state index contributed by atoms with van der Waals surface area (Å²) in [7, 11) is 0. The molecule has 1 amide bonds. The maximum atomic E-state index is 12.5. The zero-order valence-corrected chi connectivity index (χ0v) is 11.6. The van der Waals surface area contributed by atoms with Crippen LogP contribution in [-0.2, 0) is 4.79 Å². The Balaban J connectivity index is 1.70. The molecule has 1 atom stereocenters. The topological polar surface area (TPSA) is 49.8 Å². The number of nitrogens with zero attached hydrogens (tertiary/aromatic N) is 1. The van der Waals surface area contributed by atoms with E-state index in [9.17, 15) is 4.79 Å². The van der Waals surface area contributed by atoms with Crippen LogP contribution in [0.1, 0.15) is 37.2 Å². The van der Waals surface area contributed by atoms with Crippen LogP contribution in [0.2, 0.25) is 0 Å². The molecule has 1 saturated carbocycles. The highest BCUT2D eigenvalue weighted by molar-refractivity contribution is 5.78. The van der Waals surface area contributed by atoms with Gasteiger partial charge in [-0.1, -0.05) is 18.2 Å². The van der Waals surface area contributed by atoms with E-state index >= 15 is 0 Å². The van der Waals surface area contributed by atoms with E-state index in [1.54, 1.807) is 0 Å². The number of rotatable bonds is 5. The van der Waals surface area contributed by atoms with Gasteiger partial charge in [-0.25, -0.2) is 0 Å². The van der Waals surface area contributed by atoms with Gasteiger partial charge in [-0.05, 0) is 36.8 Å². The molecule has 1 N–H and O–H groups in total. The monoisotopic (exact) mass is 275 g/mol. The molecule has 1 heterocycles. The van der Waals surface area contributed by atoms with E-state index in [4.69, 9.17) is 9.84 Å². The number of benzene rings is 1. The lowest BCUT2D eigenvalue weighted by Crippen LogP contribution is -2.36. The molecule has 0 saturated heterocycles. The number of carbonyl (C=O) groups excluding carboxylic acids is 1. The summed E-state index contributed by atoms with van der Waals surface area (Å²) >= 11 is 0. The fraction of sp³-hybridized carbons (Fsp3) is 0.562. The number of amides is 1. The Morgan fingerprint density at radius 1 is 1.30 bits per heavy atom. The molecule has 20 heavy (non-hydrogen) atoms. The number of para-hydroxylation sites is 1. The van der Waals surface area contributed by atoms with Crippen molar-refractivity contribution in [3.8, 4) is 5.75 Å². The van der Waals surface area contributed by atoms with Crippen LogP contribution in [0.4, 0.5) is 0 Å². The summed E-state index contributed by atoms with van der Waals surface area (Å²) in [5, 5.41) is 9.11. The molecule has 1 aliphatic heterocycles. The van der Waals surface area contributed by atoms with Gasteiger partial charge in [0, 0.05) is 19.0 Å². The van der Waals surface area contributed by atoms with Gasteiger partial charge < -0.3 is 14.7 Å². The van der Waals surface area contributed by atoms with Crippen molar-refractivity contribution in [3.05, 3.63) is 29.8 Å². The highest BCUT2D eigenvalue weighted by Gasteiger charge is 2.34. The molecule has 1 unspecified atom stereocenters. The highest BCUT2D eigenvalue weighted by atomic mass is 16.5. The molecule has 0 spiro atoms. The molecule has 0 bridgehead atoms. The van der Waals surface area contributed by atoms with Gasteiger partial charge in [0.15, 0.2) is 0 Å². The van der Waals surface area contributed by atoms with E-state index in [1.165, 1.54) is 0 Å². The molecule has 4 heteroatoms. The number of aliphatic hydroxyl groups is 1. The first-order valence-corrected chi connectivity index (χ1v) is 7.41. The second kappa shape index (κ2) is 5.83. The third kappa shape index (κ3) is 2.80. The molecule has 1 fully saturated rings. The second-order valence-electron chi connectivity index (χ2n) is 5.62. The third-order valence-corrected chi connectivity index (χ3v) is 4.15. The zero-order valence-electron chi connectivity index (χ0n) is 11.6. The van der Waals surface area contributed by atoms with Crippen LogP contribution < -0.4 is 4.74 Å². The quantitative estimate of drug-likeness (QED) is 0.893. The lowest BCUT2D eigenvalue weighted by molar-refractivity contribution is -0.132. The Labute approximate surface area is 119 Å². The number of carbonyl (C=O) groups is 1. The summed E-state index contributed by atoms with van der Waals surface area (Å²) in [6.07, 6.45) is 3.57. The smallest absolute Gasteiger partial charge is 0.223 e. The van der Waals surface area contributed by atoms with Gasteiger partial charge >= 0.3 is 0 Å². The molecule has 3 rings (SSSR count). The lowest BCUT2D eigenvalue weighted by Gasteiger charge is -2.28. The average molecular weight is 275 g/mol. The van der Waals surface area contributed by atoms with Gasteiger partial charge in [0.1, 0.15) is 5.75 Å². The Bertz CT molecular complexity index is 484. The SMILES string of the molecule is O=C(CC1CCOc2ccccc21)N(CCO)C1CC1. The first-order chi connectivity index (χ1) is 9.79. The maximum absolute atomic E-state index is 12.5. The van der Waals surface area contributed by atoms with Gasteiger partial charge in [0.05, 0.1) is 13.2 Å². The molecule has 1 aromatic carbocycles. The molecule has 4 nitrogen and oxygen atoms in total. The number of hydrogen-bond acceptors (Lipinski definition) is 3. The molecular weight excluding hydrogens is 254 g/mol. The van der Waals surface area contributed by atoms with Crippen molar-refractivity contribution < 1.29 is 14.6 Å². The van der Waals surface area contributed by atoms with Gasteiger partial charge in [0.2, 0.25) is 5.91 Å². The van der Waals surface area contributed by atoms with Crippen LogP contribution in [0, 0.1) is 0 Å². The Morgan fingerprint density at radius 3 is 2.85 bits per heavy atom. The van der Waals surface area contributed by atoms with E-state index in [2.05, 4.69) is 6.07 Å². The van der Waals surface area contributed by atoms with E-state index in [0.29, 0.717) is 25.6 Å². The highest BCUT2D eigenvalue weighted by Crippen LogP contribution is 2.36. The summed E-state index contributed by atoms with van der Waals surface area (Å²) in [6, 6.07) is 8.35. The predicted octanol–water partition coefficient (Wildman–Crippen LogP) is 1.93. The molecule has 108 valence electrons. The summed E-state index contributed by atoms with van der Waals surface area (Å²) in [6.45, 7) is 1.19. The average Bonchev–Trinajstić information content (AvgIpc) is 3.29. The predicted molar refractivity (Wildman–Crippen MR) is 75.7 cm³/mol. The Kier molecular flexibility index (Phi) is 3.92. The maximum Gasteiger partial charge on any atom is 0.223 e. The summed E-state index contributed by atoms with van der Waals surface area (Å²) in [5.74, 6) is 1.33. The van der Waals surface area contributed by atoms with Crippen LogP contribution in [0.25, 0.3) is 0 Å². The minimum atomic E-state index is 0.0482. The molecule has 2 aliphatic rings. The fourth-order valence-corrected chi connectivity index (χ4v) is 2.96. The Hall–Kier alpha value is -1.55. The van der Waals surface area contributed by atoms with Crippen molar-refractivity contribution in [2.75, 3.05) is 19.8 Å². The fourth-order valence-electron chi connectivity index (χ4n) is 2.96. The molecule has 1 aromatic rings. The van der Waals surface area contributed by atoms with Gasteiger partial charge in [-0.2, -0.15) is 0 Å². The van der Waals surface area contributed by atoms with Gasteiger partial charge in [-0.3, -0.25) is 4.79 Å². The van der Waals surface area contributed by atoms with Crippen LogP contribution >= 0.6 is 0 Å². The largest absolute Gasteiger partial charge is 0.493 e. The van der Waals surface area contributed by atoms with Crippen molar-refractivity contribution in [1.82, 2.24) is 4.90 Å². The first kappa shape index (κ1) is 13.4. The van der Waals surface area contributed by atoms with Gasteiger partial charge in [0.25, 0.3) is 0 Å². The summed E-state index contributed by atoms with van der Waals surface area (Å²) < 4.78 is 5.64. The molecular formula is C16H21NO3. The van der Waals surface area contributed by atoms with Crippen molar-refractivity contribution in [3.63, 3.8) is 0 Å². The van der Waals surface area contributed by atoms with Crippen LogP contribution in [-0.4, -0.2) is 41.7 Å². The number of aliphatic hydroxyl groups excluding tert-OH is 1. The van der Waals surface area contributed by atoms with Crippen molar-refractivity contribution in [2.24, 2.45) is 0 Å². The van der Waals surface area contributed by atoms with E-state index in [1.807, 2.05) is 23.1 Å². The number of hydrogen-bond donors (Lipinski definition) is 1. The van der Waals surface area contributed by atoms with Crippen molar-refractivity contribution in [2.45, 2.75) is 37.6 Å².